The van der Waals surface area contributed by atoms with Gasteiger partial charge in [0.1, 0.15) is 6.61 Å². The van der Waals surface area contributed by atoms with Gasteiger partial charge >= 0.3 is 0 Å². The number of hydrogen-bond acceptors (Lipinski definition) is 5. The zero-order chi connectivity index (χ0) is 22.6. The summed E-state index contributed by atoms with van der Waals surface area (Å²) < 4.78 is 4.95. The number of aromatic nitrogens is 1. The first-order valence-corrected chi connectivity index (χ1v) is 11.4. The lowest BCUT2D eigenvalue weighted by Crippen LogP contribution is -2.58. The van der Waals surface area contributed by atoms with Crippen LogP contribution in [0.2, 0.25) is 0 Å². The average molecular weight is 432 g/mol. The Hall–Kier alpha value is -1.99. The maximum Gasteiger partial charge on any atom is 0.246 e. The highest BCUT2D eigenvalue weighted by Gasteiger charge is 2.53. The van der Waals surface area contributed by atoms with Crippen LogP contribution in [-0.4, -0.2) is 47.8 Å². The van der Waals surface area contributed by atoms with Gasteiger partial charge in [0.25, 0.3) is 0 Å². The van der Waals surface area contributed by atoms with Gasteiger partial charge in [-0.1, -0.05) is 26.8 Å². The molecule has 2 saturated carbocycles. The van der Waals surface area contributed by atoms with Crippen molar-refractivity contribution in [3.05, 3.63) is 30.1 Å². The van der Waals surface area contributed by atoms with E-state index in [0.29, 0.717) is 6.54 Å². The summed E-state index contributed by atoms with van der Waals surface area (Å²) in [6.45, 7) is 6.78. The number of nitrogens with zero attached hydrogens (tertiary/aromatic N) is 1. The molecule has 2 aliphatic carbocycles. The van der Waals surface area contributed by atoms with Crippen LogP contribution in [0.15, 0.2) is 24.5 Å². The monoisotopic (exact) mass is 431 g/mol. The lowest BCUT2D eigenvalue weighted by Gasteiger charge is -2.56. The predicted octanol–water partition coefficient (Wildman–Crippen LogP) is 2.29. The van der Waals surface area contributed by atoms with Gasteiger partial charge < -0.3 is 20.5 Å². The zero-order valence-electron chi connectivity index (χ0n) is 19.1. The van der Waals surface area contributed by atoms with E-state index in [1.54, 1.807) is 12.4 Å². The molecule has 0 aliphatic heterocycles. The Kier molecular flexibility index (Phi) is 7.70. The second-order valence-corrected chi connectivity index (χ2v) is 9.75. The molecule has 0 aromatic carbocycles. The quantitative estimate of drug-likeness (QED) is 0.615. The van der Waals surface area contributed by atoms with Crippen molar-refractivity contribution in [2.75, 3.05) is 13.7 Å². The molecule has 0 bridgehead atoms. The van der Waals surface area contributed by atoms with Gasteiger partial charge in [0.15, 0.2) is 0 Å². The lowest BCUT2D eigenvalue weighted by molar-refractivity contribution is -0.144. The minimum Gasteiger partial charge on any atom is -0.392 e. The Bertz CT molecular complexity index is 758. The first-order valence-electron chi connectivity index (χ1n) is 11.4. The summed E-state index contributed by atoms with van der Waals surface area (Å²) in [5, 5.41) is 17.5. The molecule has 7 heteroatoms. The van der Waals surface area contributed by atoms with E-state index in [1.165, 1.54) is 7.11 Å². The van der Waals surface area contributed by atoms with Crippen molar-refractivity contribution in [2.24, 2.45) is 29.1 Å². The van der Waals surface area contributed by atoms with E-state index in [4.69, 9.17) is 4.74 Å². The molecule has 0 saturated heterocycles. The van der Waals surface area contributed by atoms with E-state index in [-0.39, 0.29) is 53.5 Å². The van der Waals surface area contributed by atoms with Crippen molar-refractivity contribution in [2.45, 2.75) is 65.1 Å². The number of fused-ring (bicyclic) bond motifs is 1. The number of methoxy groups -OCH3 is 1. The Morgan fingerprint density at radius 1 is 1.35 bits per heavy atom. The third-order valence-electron chi connectivity index (χ3n) is 7.75. The Morgan fingerprint density at radius 3 is 2.77 bits per heavy atom. The van der Waals surface area contributed by atoms with E-state index >= 15 is 0 Å². The van der Waals surface area contributed by atoms with Crippen molar-refractivity contribution < 1.29 is 19.4 Å². The molecule has 31 heavy (non-hydrogen) atoms. The first-order chi connectivity index (χ1) is 14.8. The summed E-state index contributed by atoms with van der Waals surface area (Å²) in [4.78, 5) is 29.0. The fourth-order valence-electron chi connectivity index (χ4n) is 5.92. The second-order valence-electron chi connectivity index (χ2n) is 9.75. The summed E-state index contributed by atoms with van der Waals surface area (Å²) in [6, 6.07) is 3.80. The molecule has 172 valence electrons. The molecule has 2 fully saturated rings. The molecule has 3 N–H and O–H groups in total. The Balaban J connectivity index is 1.66. The van der Waals surface area contributed by atoms with Gasteiger partial charge in [-0.05, 0) is 60.5 Å². The number of rotatable bonds is 7. The van der Waals surface area contributed by atoms with Gasteiger partial charge in [0.05, 0.1) is 6.10 Å². The molecule has 1 heterocycles. The molecule has 3 rings (SSSR count). The number of ether oxygens (including phenoxy) is 1. The molecular weight excluding hydrogens is 394 g/mol. The topological polar surface area (TPSA) is 101 Å². The molecular formula is C24H37N3O4. The highest BCUT2D eigenvalue weighted by atomic mass is 16.5. The highest BCUT2D eigenvalue weighted by Crippen LogP contribution is 2.55. The number of amides is 2. The van der Waals surface area contributed by atoms with Crippen molar-refractivity contribution in [3.63, 3.8) is 0 Å². The van der Waals surface area contributed by atoms with Crippen molar-refractivity contribution in [1.82, 2.24) is 15.6 Å². The van der Waals surface area contributed by atoms with E-state index in [0.717, 1.165) is 31.2 Å². The van der Waals surface area contributed by atoms with Gasteiger partial charge in [-0.25, -0.2) is 0 Å². The largest absolute Gasteiger partial charge is 0.392 e. The van der Waals surface area contributed by atoms with Gasteiger partial charge in [0.2, 0.25) is 11.8 Å². The fraction of sp³-hybridized carbons (Fsp3) is 0.708. The molecule has 0 spiro atoms. The van der Waals surface area contributed by atoms with Crippen LogP contribution in [-0.2, 0) is 20.9 Å². The van der Waals surface area contributed by atoms with Crippen LogP contribution in [0.3, 0.4) is 0 Å². The normalized spacial score (nSPS) is 33.8. The summed E-state index contributed by atoms with van der Waals surface area (Å²) in [5.41, 5.74) is 0.986. The molecule has 2 amide bonds. The number of carbonyl (C=O) groups excluding carboxylic acids is 2. The van der Waals surface area contributed by atoms with Crippen LogP contribution in [0.1, 0.15) is 52.0 Å². The summed E-state index contributed by atoms with van der Waals surface area (Å²) in [5.74, 6) is -0.364. The van der Waals surface area contributed by atoms with Crippen molar-refractivity contribution >= 4 is 11.8 Å². The van der Waals surface area contributed by atoms with Gasteiger partial charge in [-0.2, -0.15) is 0 Å². The van der Waals surface area contributed by atoms with E-state index in [9.17, 15) is 14.7 Å². The van der Waals surface area contributed by atoms with Crippen LogP contribution in [0.25, 0.3) is 0 Å². The number of aliphatic hydroxyl groups excluding tert-OH is 1. The number of aliphatic hydroxyl groups is 1. The van der Waals surface area contributed by atoms with Crippen LogP contribution < -0.4 is 10.6 Å². The first kappa shape index (κ1) is 23.7. The zero-order valence-corrected chi connectivity index (χ0v) is 19.1. The minimum atomic E-state index is -0.574. The second kappa shape index (κ2) is 10.1. The van der Waals surface area contributed by atoms with E-state index in [1.807, 2.05) is 19.1 Å². The molecule has 0 unspecified atom stereocenters. The Morgan fingerprint density at radius 2 is 2.10 bits per heavy atom. The van der Waals surface area contributed by atoms with E-state index < -0.39 is 6.10 Å². The number of carbonyl (C=O) groups is 2. The number of hydrogen-bond donors (Lipinski definition) is 3. The summed E-state index contributed by atoms with van der Waals surface area (Å²) in [6.07, 6.45) is 6.57. The fourth-order valence-corrected chi connectivity index (χ4v) is 5.92. The standard InChI is InChI=1S/C24H37N3O4/c1-15(23(30)26-13-17-6-5-11-25-12-17)18-7-9-24(3)10-8-19(27-20(28)14-31-4)16(2)21(24)22(18)29/h5-6,11-12,15-16,18-19,21-22,29H,7-10,13-14H2,1-4H3,(H,26,30)(H,27,28)/t15-,16-,18+,19-,21+,22-,24+/m0/s1. The maximum atomic E-state index is 12.9. The van der Waals surface area contributed by atoms with E-state index in [2.05, 4.69) is 29.5 Å². The SMILES string of the molecule is COCC(=O)N[C@H]1CC[C@@]2(C)CC[C@H]([C@H](C)C(=O)NCc3cccnc3)[C@H](O)[C@H]2[C@H]1C. The maximum absolute atomic E-state index is 12.9. The van der Waals surface area contributed by atoms with Crippen molar-refractivity contribution in [3.8, 4) is 0 Å². The molecule has 7 atom stereocenters. The number of nitrogens with one attached hydrogen (secondary N) is 2. The molecule has 0 radical (unpaired) electrons. The molecule has 2 aliphatic rings. The number of pyridine rings is 1. The highest BCUT2D eigenvalue weighted by molar-refractivity contribution is 5.78. The van der Waals surface area contributed by atoms with Crippen LogP contribution in [0.5, 0.6) is 0 Å². The smallest absolute Gasteiger partial charge is 0.246 e. The predicted molar refractivity (Wildman–Crippen MR) is 118 cm³/mol. The van der Waals surface area contributed by atoms with Crippen molar-refractivity contribution in [1.29, 1.82) is 0 Å². The van der Waals surface area contributed by atoms with Crippen LogP contribution in [0.4, 0.5) is 0 Å². The lowest BCUT2D eigenvalue weighted by atomic mass is 9.51. The van der Waals surface area contributed by atoms with Crippen LogP contribution >= 0.6 is 0 Å². The average Bonchev–Trinajstić information content (AvgIpc) is 2.75. The van der Waals surface area contributed by atoms with Gasteiger partial charge in [0, 0.05) is 38.0 Å². The van der Waals surface area contributed by atoms with Gasteiger partial charge in [-0.3, -0.25) is 14.6 Å². The van der Waals surface area contributed by atoms with Gasteiger partial charge in [-0.15, -0.1) is 0 Å². The Labute approximate surface area is 185 Å². The third-order valence-corrected chi connectivity index (χ3v) is 7.75. The molecule has 1 aromatic rings. The minimum absolute atomic E-state index is 0.0174. The summed E-state index contributed by atoms with van der Waals surface area (Å²) >= 11 is 0. The molecule has 1 aromatic heterocycles. The van der Waals surface area contributed by atoms with Crippen LogP contribution in [0, 0.1) is 29.1 Å². The third kappa shape index (κ3) is 5.26. The molecule has 7 nitrogen and oxygen atoms in total. The summed E-state index contributed by atoms with van der Waals surface area (Å²) in [7, 11) is 1.51.